The fraction of sp³-hybridized carbons (Fsp3) is 0.239. The van der Waals surface area contributed by atoms with E-state index in [4.69, 9.17) is 11.6 Å². The Hall–Kier alpha value is -6.91. The van der Waals surface area contributed by atoms with Gasteiger partial charge in [-0.1, -0.05) is 252 Å². The number of halogens is 1. The van der Waals surface area contributed by atoms with Crippen molar-refractivity contribution in [2.24, 2.45) is 0 Å². The van der Waals surface area contributed by atoms with Gasteiger partial charge in [-0.05, 0) is 138 Å². The van der Waals surface area contributed by atoms with Crippen LogP contribution in [0.4, 0.5) is 34.1 Å². The summed E-state index contributed by atoms with van der Waals surface area (Å²) in [6.07, 6.45) is 0. The van der Waals surface area contributed by atoms with Gasteiger partial charge in [-0.15, -0.1) is 0 Å². The van der Waals surface area contributed by atoms with E-state index in [0.29, 0.717) is 5.02 Å². The summed E-state index contributed by atoms with van der Waals surface area (Å²) in [4.78, 5) is 4.82. The first-order chi connectivity index (χ1) is 35.6. The maximum atomic E-state index is 8.33. The van der Waals surface area contributed by atoms with Crippen LogP contribution >= 0.6 is 11.6 Å². The van der Waals surface area contributed by atoms with Crippen LogP contribution in [0.2, 0.25) is 10.1 Å². The molecule has 0 radical (unpaired) electrons. The molecule has 0 amide bonds. The van der Waals surface area contributed by atoms with E-state index in [1.807, 2.05) is 0 Å². The van der Waals surface area contributed by atoms with Gasteiger partial charge in [0.25, 0.3) is 0 Å². The van der Waals surface area contributed by atoms with Crippen LogP contribution < -0.4 is 25.4 Å². The van der Waals surface area contributed by atoms with Gasteiger partial charge in [0.1, 0.15) is 0 Å². The summed E-state index contributed by atoms with van der Waals surface area (Å²) in [7, 11) is -2.70. The lowest BCUT2D eigenvalue weighted by Crippen LogP contribution is -2.72. The van der Waals surface area contributed by atoms with Gasteiger partial charge in [0, 0.05) is 28.2 Å². The highest BCUT2D eigenvalue weighted by molar-refractivity contribution is 7.13. The largest absolute Gasteiger partial charge is 0.309 e. The highest BCUT2D eigenvalue weighted by Crippen LogP contribution is 2.53. The molecule has 380 valence electrons. The summed E-state index contributed by atoms with van der Waals surface area (Å²) in [6, 6.07) is 81.4. The number of hydrogen-bond acceptors (Lipinski definition) is 2. The number of hydrogen-bond donors (Lipinski definition) is 0. The van der Waals surface area contributed by atoms with Gasteiger partial charge in [0.05, 0.1) is 22.1 Å². The molecule has 0 bridgehead atoms. The van der Waals surface area contributed by atoms with Crippen molar-refractivity contribution in [1.82, 2.24) is 0 Å². The number of rotatable bonds is 11. The SMILES string of the molecule is Cc1cc(N(c2ccc(C(C)(C)C)cc2)c2ccc(C(C)(C)C)cc2)c(Cl)c(N(c2ccc([Si](c3ccccc3)(c3ccccc3)C(C)(C)C)cc2)c2c(-c3ccccc3)cc(C(C)(C)C)cc2-c2ccccc2)c1. The Labute approximate surface area is 455 Å². The van der Waals surface area contributed by atoms with Crippen molar-refractivity contribution in [3.63, 3.8) is 0 Å². The van der Waals surface area contributed by atoms with Crippen molar-refractivity contribution in [1.29, 1.82) is 0 Å². The van der Waals surface area contributed by atoms with E-state index in [0.717, 1.165) is 61.9 Å². The van der Waals surface area contributed by atoms with Crippen LogP contribution in [0.5, 0.6) is 0 Å². The van der Waals surface area contributed by atoms with Gasteiger partial charge in [-0.2, -0.15) is 0 Å². The third-order valence-electron chi connectivity index (χ3n) is 15.1. The van der Waals surface area contributed by atoms with E-state index >= 15 is 0 Å². The van der Waals surface area contributed by atoms with Gasteiger partial charge in [-0.25, -0.2) is 0 Å². The molecular weight excluding hydrogens is 944 g/mol. The van der Waals surface area contributed by atoms with Crippen molar-refractivity contribution in [2.45, 2.75) is 111 Å². The molecular formula is C71H75ClN2Si. The van der Waals surface area contributed by atoms with Crippen LogP contribution in [0.15, 0.2) is 218 Å². The molecule has 0 saturated carbocycles. The molecule has 0 spiro atoms. The monoisotopic (exact) mass is 1020 g/mol. The van der Waals surface area contributed by atoms with E-state index < -0.39 is 8.07 Å². The lowest BCUT2D eigenvalue weighted by atomic mass is 9.82. The highest BCUT2D eigenvalue weighted by atomic mass is 35.5. The van der Waals surface area contributed by atoms with Crippen molar-refractivity contribution in [2.75, 3.05) is 9.80 Å². The highest BCUT2D eigenvalue weighted by Gasteiger charge is 2.49. The normalized spacial score (nSPS) is 12.4. The summed E-state index contributed by atoms with van der Waals surface area (Å²) >= 11 is 8.33. The maximum absolute atomic E-state index is 8.33. The summed E-state index contributed by atoms with van der Waals surface area (Å²) in [5.74, 6) is 0. The summed E-state index contributed by atoms with van der Waals surface area (Å²) in [5.41, 5.74) is 15.2. The van der Waals surface area contributed by atoms with E-state index in [2.05, 4.69) is 318 Å². The van der Waals surface area contributed by atoms with Crippen LogP contribution in [-0.2, 0) is 16.2 Å². The molecule has 0 aliphatic carbocycles. The molecule has 9 rings (SSSR count). The summed E-state index contributed by atoms with van der Waals surface area (Å²) < 4.78 is 0. The molecule has 0 aliphatic rings. The minimum atomic E-state index is -2.70. The Morgan fingerprint density at radius 1 is 0.347 bits per heavy atom. The Morgan fingerprint density at radius 3 is 1.03 bits per heavy atom. The molecule has 0 N–H and O–H groups in total. The van der Waals surface area contributed by atoms with Crippen LogP contribution in [0.25, 0.3) is 22.3 Å². The van der Waals surface area contributed by atoms with Crippen LogP contribution in [0, 0.1) is 6.92 Å². The molecule has 0 atom stereocenters. The number of anilines is 6. The van der Waals surface area contributed by atoms with Crippen LogP contribution in [0.3, 0.4) is 0 Å². The molecule has 0 fully saturated rings. The lowest BCUT2D eigenvalue weighted by molar-refractivity contribution is 0.590. The zero-order chi connectivity index (χ0) is 53.5. The van der Waals surface area contributed by atoms with Gasteiger partial charge >= 0.3 is 0 Å². The standard InChI is InChI=1S/C71H75ClN2Si/c1-50-46-64(73(56-38-34-53(35-39-56)68(2,3)4)57-40-36-54(37-41-57)69(5,6)7)66(72)65(47-50)74(67-62(51-26-18-14-19-27-51)48-55(70(8,9)10)49-63(67)52-28-20-15-21-29-52)58-42-44-61(45-43-58)75(71(11,12)13,59-30-22-16-23-31-59)60-32-24-17-25-33-60/h14-49H,1-13H3. The lowest BCUT2D eigenvalue weighted by Gasteiger charge is -2.45. The molecule has 0 heterocycles. The van der Waals surface area contributed by atoms with Gasteiger partial charge in [0.2, 0.25) is 0 Å². The van der Waals surface area contributed by atoms with Crippen LogP contribution in [-0.4, -0.2) is 8.07 Å². The van der Waals surface area contributed by atoms with E-state index in [-0.39, 0.29) is 21.3 Å². The van der Waals surface area contributed by atoms with Crippen molar-refractivity contribution >= 4 is 69.4 Å². The van der Waals surface area contributed by atoms with Crippen molar-refractivity contribution in [3.8, 4) is 22.3 Å². The molecule has 0 aliphatic heterocycles. The molecule has 4 heteroatoms. The Bertz CT molecular complexity index is 3220. The molecule has 0 unspecified atom stereocenters. The smallest absolute Gasteiger partial charge is 0.153 e. The van der Waals surface area contributed by atoms with Gasteiger partial charge < -0.3 is 9.80 Å². The fourth-order valence-electron chi connectivity index (χ4n) is 11.1. The fourth-order valence-corrected chi connectivity index (χ4v) is 17.0. The van der Waals surface area contributed by atoms with E-state index in [9.17, 15) is 0 Å². The topological polar surface area (TPSA) is 6.48 Å². The minimum absolute atomic E-state index is 0.00536. The predicted octanol–water partition coefficient (Wildman–Crippen LogP) is 19.1. The molecule has 9 aromatic carbocycles. The first-order valence-electron chi connectivity index (χ1n) is 26.7. The van der Waals surface area contributed by atoms with Crippen molar-refractivity contribution in [3.05, 3.63) is 246 Å². The van der Waals surface area contributed by atoms with Gasteiger partial charge in [0.15, 0.2) is 8.07 Å². The average Bonchev–Trinajstić information content (AvgIpc) is 3.40. The van der Waals surface area contributed by atoms with E-state index in [1.54, 1.807) is 0 Å². The second-order valence-electron chi connectivity index (χ2n) is 24.6. The minimum Gasteiger partial charge on any atom is -0.309 e. The Kier molecular flexibility index (Phi) is 14.6. The van der Waals surface area contributed by atoms with Crippen molar-refractivity contribution < 1.29 is 0 Å². The quantitative estimate of drug-likeness (QED) is 0.0941. The third kappa shape index (κ3) is 10.6. The molecule has 75 heavy (non-hydrogen) atoms. The molecule has 0 aromatic heterocycles. The van der Waals surface area contributed by atoms with Gasteiger partial charge in [-0.3, -0.25) is 0 Å². The predicted molar refractivity (Wildman–Crippen MR) is 330 cm³/mol. The second kappa shape index (κ2) is 20.7. The summed E-state index contributed by atoms with van der Waals surface area (Å²) in [6.45, 7) is 30.1. The molecule has 2 nitrogen and oxygen atoms in total. The molecule has 0 saturated heterocycles. The first-order valence-corrected chi connectivity index (χ1v) is 29.1. The number of benzene rings is 9. The number of nitrogens with zero attached hydrogens (tertiary/aromatic N) is 2. The number of aryl methyl sites for hydroxylation is 1. The summed E-state index contributed by atoms with van der Waals surface area (Å²) in [5, 5.41) is 4.69. The Morgan fingerprint density at radius 2 is 0.667 bits per heavy atom. The second-order valence-corrected chi connectivity index (χ2v) is 29.7. The Balaban J connectivity index is 1.39. The maximum Gasteiger partial charge on any atom is 0.153 e. The zero-order valence-corrected chi connectivity index (χ0v) is 48.3. The zero-order valence-electron chi connectivity index (χ0n) is 46.6. The average molecular weight is 1020 g/mol. The van der Waals surface area contributed by atoms with E-state index in [1.165, 1.54) is 32.3 Å². The van der Waals surface area contributed by atoms with Crippen LogP contribution in [0.1, 0.15) is 105 Å². The first kappa shape index (κ1) is 52.9. The molecule has 9 aromatic rings. The third-order valence-corrected chi connectivity index (χ3v) is 21.3.